The fraction of sp³-hybridized carbons (Fsp3) is 0.391. The van der Waals surface area contributed by atoms with Crippen LogP contribution < -0.4 is 10.1 Å². The number of rotatable bonds is 6. The number of sulfonamides is 1. The van der Waals surface area contributed by atoms with Crippen LogP contribution in [0.1, 0.15) is 29.6 Å². The number of piperidine rings is 1. The zero-order valence-corrected chi connectivity index (χ0v) is 20.0. The van der Waals surface area contributed by atoms with Crippen molar-refractivity contribution < 1.29 is 22.7 Å². The first-order valence-electron chi connectivity index (χ1n) is 10.8. The number of carbonyl (C=O) groups excluding carboxylic acids is 2. The lowest BCUT2D eigenvalue weighted by atomic mass is 10.1. The molecule has 1 atom stereocenters. The predicted octanol–water partition coefficient (Wildman–Crippen LogP) is 3.02. The van der Waals surface area contributed by atoms with Gasteiger partial charge >= 0.3 is 0 Å². The molecule has 0 saturated carbocycles. The van der Waals surface area contributed by atoms with Crippen LogP contribution in [0.5, 0.6) is 5.75 Å². The Kier molecular flexibility index (Phi) is 7.26. The number of ether oxygens (including phenoxy) is 1. The van der Waals surface area contributed by atoms with Crippen LogP contribution in [0.4, 0.5) is 5.69 Å². The molecule has 2 aromatic carbocycles. The number of hydrogen-bond donors (Lipinski definition) is 1. The molecular weight excluding hydrogens is 462 g/mol. The minimum atomic E-state index is -3.75. The van der Waals surface area contributed by atoms with Gasteiger partial charge in [0.05, 0.1) is 13.0 Å². The highest BCUT2D eigenvalue weighted by Crippen LogP contribution is 2.32. The molecule has 2 amide bonds. The van der Waals surface area contributed by atoms with Crippen molar-refractivity contribution in [1.82, 2.24) is 9.21 Å². The normalized spacial score (nSPS) is 19.3. The van der Waals surface area contributed by atoms with Gasteiger partial charge in [-0.05, 0) is 43.2 Å². The Labute approximate surface area is 198 Å². The molecule has 0 spiro atoms. The second-order valence-corrected chi connectivity index (χ2v) is 10.9. The number of methoxy groups -OCH3 is 1. The van der Waals surface area contributed by atoms with Crippen molar-refractivity contribution in [3.8, 4) is 5.75 Å². The summed E-state index contributed by atoms with van der Waals surface area (Å²) >= 11 is 1.51. The molecule has 1 N–H and O–H groups in total. The lowest BCUT2D eigenvalue weighted by Crippen LogP contribution is -2.44. The standard InChI is InChI=1S/C23H27N3O5S2/c1-31-20-11-10-18(14-21(20)33(29,30)25-12-6-3-7-13-25)24-22(27)19-15-32-16-26(19)23(28)17-8-4-2-5-9-17/h2,4-5,8-11,14,19H,3,6-7,12-13,15-16H2,1H3,(H,24,27)/t19-/m0/s1. The molecule has 0 radical (unpaired) electrons. The van der Waals surface area contributed by atoms with E-state index in [0.717, 1.165) is 19.3 Å². The van der Waals surface area contributed by atoms with Crippen LogP contribution in [-0.4, -0.2) is 67.3 Å². The van der Waals surface area contributed by atoms with Crippen molar-refractivity contribution in [3.05, 3.63) is 54.1 Å². The summed E-state index contributed by atoms with van der Waals surface area (Å²) in [5.74, 6) is 0.568. The average molecular weight is 490 g/mol. The van der Waals surface area contributed by atoms with Gasteiger partial charge in [-0.3, -0.25) is 9.59 Å². The second kappa shape index (κ2) is 10.1. The largest absolute Gasteiger partial charge is 0.495 e. The van der Waals surface area contributed by atoms with Crippen LogP contribution in [0, 0.1) is 0 Å². The molecule has 8 nitrogen and oxygen atoms in total. The molecule has 2 aliphatic heterocycles. The highest BCUT2D eigenvalue weighted by atomic mass is 32.2. The first kappa shape index (κ1) is 23.6. The minimum Gasteiger partial charge on any atom is -0.495 e. The van der Waals surface area contributed by atoms with E-state index in [9.17, 15) is 18.0 Å². The molecule has 0 unspecified atom stereocenters. The van der Waals surface area contributed by atoms with Gasteiger partial charge in [-0.2, -0.15) is 4.31 Å². The Morgan fingerprint density at radius 1 is 1.06 bits per heavy atom. The Morgan fingerprint density at radius 3 is 2.48 bits per heavy atom. The maximum absolute atomic E-state index is 13.2. The molecule has 2 heterocycles. The Hall–Kier alpha value is -2.56. The van der Waals surface area contributed by atoms with E-state index in [-0.39, 0.29) is 22.5 Å². The van der Waals surface area contributed by atoms with Gasteiger partial charge in [0.1, 0.15) is 16.7 Å². The van der Waals surface area contributed by atoms with Crippen LogP contribution in [0.3, 0.4) is 0 Å². The first-order valence-corrected chi connectivity index (χ1v) is 13.4. The maximum Gasteiger partial charge on any atom is 0.255 e. The molecule has 10 heteroatoms. The third-order valence-electron chi connectivity index (χ3n) is 5.83. The number of thioether (sulfide) groups is 1. The minimum absolute atomic E-state index is 0.0303. The monoisotopic (exact) mass is 489 g/mol. The van der Waals surface area contributed by atoms with E-state index in [4.69, 9.17) is 4.74 Å². The molecule has 0 aliphatic carbocycles. The molecule has 4 rings (SSSR count). The van der Waals surface area contributed by atoms with E-state index in [2.05, 4.69) is 5.32 Å². The predicted molar refractivity (Wildman–Crippen MR) is 128 cm³/mol. The summed E-state index contributed by atoms with van der Waals surface area (Å²) in [5, 5.41) is 2.80. The Bertz CT molecular complexity index is 1120. The van der Waals surface area contributed by atoms with Crippen molar-refractivity contribution in [1.29, 1.82) is 0 Å². The molecule has 33 heavy (non-hydrogen) atoms. The first-order chi connectivity index (χ1) is 15.9. The van der Waals surface area contributed by atoms with E-state index in [1.54, 1.807) is 41.3 Å². The molecule has 2 aromatic rings. The van der Waals surface area contributed by atoms with Gasteiger partial charge in [-0.15, -0.1) is 11.8 Å². The summed E-state index contributed by atoms with van der Waals surface area (Å²) in [7, 11) is -2.33. The van der Waals surface area contributed by atoms with E-state index in [1.165, 1.54) is 29.2 Å². The van der Waals surface area contributed by atoms with E-state index < -0.39 is 16.1 Å². The fourth-order valence-corrected chi connectivity index (χ4v) is 6.88. The topological polar surface area (TPSA) is 96.0 Å². The zero-order valence-electron chi connectivity index (χ0n) is 18.4. The number of anilines is 1. The Morgan fingerprint density at radius 2 is 1.79 bits per heavy atom. The summed E-state index contributed by atoms with van der Waals surface area (Å²) in [5.41, 5.74) is 0.873. The molecule has 2 fully saturated rings. The molecule has 2 saturated heterocycles. The van der Waals surface area contributed by atoms with Crippen molar-refractivity contribution >= 4 is 39.3 Å². The zero-order chi connectivity index (χ0) is 23.4. The summed E-state index contributed by atoms with van der Waals surface area (Å²) in [6.07, 6.45) is 2.65. The quantitative estimate of drug-likeness (QED) is 0.670. The smallest absolute Gasteiger partial charge is 0.255 e. The van der Waals surface area contributed by atoms with Gasteiger partial charge in [0.15, 0.2) is 0 Å². The van der Waals surface area contributed by atoms with Crippen molar-refractivity contribution in [2.24, 2.45) is 0 Å². The lowest BCUT2D eigenvalue weighted by molar-refractivity contribution is -0.119. The van der Waals surface area contributed by atoms with Gasteiger partial charge in [0.25, 0.3) is 5.91 Å². The van der Waals surface area contributed by atoms with Gasteiger partial charge in [0.2, 0.25) is 15.9 Å². The summed E-state index contributed by atoms with van der Waals surface area (Å²) < 4.78 is 33.2. The summed E-state index contributed by atoms with van der Waals surface area (Å²) in [6.45, 7) is 0.940. The fourth-order valence-electron chi connectivity index (χ4n) is 4.03. The van der Waals surface area contributed by atoms with E-state index >= 15 is 0 Å². The highest BCUT2D eigenvalue weighted by Gasteiger charge is 2.35. The van der Waals surface area contributed by atoms with Crippen LogP contribution in [0.2, 0.25) is 0 Å². The number of benzene rings is 2. The summed E-state index contributed by atoms with van der Waals surface area (Å²) in [6, 6.07) is 12.8. The Balaban J connectivity index is 1.54. The van der Waals surface area contributed by atoms with Crippen molar-refractivity contribution in [2.45, 2.75) is 30.2 Å². The van der Waals surface area contributed by atoms with E-state index in [0.29, 0.717) is 36.0 Å². The molecule has 0 aromatic heterocycles. The van der Waals surface area contributed by atoms with Crippen LogP contribution >= 0.6 is 11.8 Å². The SMILES string of the molecule is COc1ccc(NC(=O)[C@@H]2CSCN2C(=O)c2ccccc2)cc1S(=O)(=O)N1CCCCC1. The number of nitrogens with zero attached hydrogens (tertiary/aromatic N) is 2. The van der Waals surface area contributed by atoms with Gasteiger partial charge in [-0.25, -0.2) is 8.42 Å². The number of amides is 2. The van der Waals surface area contributed by atoms with Crippen LogP contribution in [-0.2, 0) is 14.8 Å². The number of hydrogen-bond acceptors (Lipinski definition) is 6. The van der Waals surface area contributed by atoms with E-state index in [1.807, 2.05) is 6.07 Å². The number of carbonyl (C=O) groups is 2. The summed E-state index contributed by atoms with van der Waals surface area (Å²) in [4.78, 5) is 27.5. The van der Waals surface area contributed by atoms with Crippen LogP contribution in [0.15, 0.2) is 53.4 Å². The molecular formula is C23H27N3O5S2. The third kappa shape index (κ3) is 5.02. The maximum atomic E-state index is 13.2. The second-order valence-electron chi connectivity index (χ2n) is 7.98. The van der Waals surface area contributed by atoms with Crippen molar-refractivity contribution in [2.75, 3.05) is 37.1 Å². The number of nitrogens with one attached hydrogen (secondary N) is 1. The third-order valence-corrected chi connectivity index (χ3v) is 8.76. The molecule has 176 valence electrons. The average Bonchev–Trinajstić information content (AvgIpc) is 3.35. The van der Waals surface area contributed by atoms with Crippen molar-refractivity contribution in [3.63, 3.8) is 0 Å². The lowest BCUT2D eigenvalue weighted by Gasteiger charge is -2.27. The molecule has 2 aliphatic rings. The van der Waals surface area contributed by atoms with Gasteiger partial charge in [0, 0.05) is 30.1 Å². The van der Waals surface area contributed by atoms with Crippen LogP contribution in [0.25, 0.3) is 0 Å². The molecule has 0 bridgehead atoms. The van der Waals surface area contributed by atoms with Gasteiger partial charge < -0.3 is 15.0 Å². The van der Waals surface area contributed by atoms with Gasteiger partial charge in [-0.1, -0.05) is 24.6 Å². The highest BCUT2D eigenvalue weighted by molar-refractivity contribution is 7.99.